The molecule has 1 rings (SSSR count). The molecule has 0 spiro atoms. The molecule has 5 nitrogen and oxygen atoms in total. The lowest BCUT2D eigenvalue weighted by atomic mass is 10.4. The van der Waals surface area contributed by atoms with Gasteiger partial charge in [0.15, 0.2) is 0 Å². The first-order chi connectivity index (χ1) is 5.05. The van der Waals surface area contributed by atoms with Crippen LogP contribution in [-0.4, -0.2) is 22.6 Å². The number of hydrogen-bond acceptors (Lipinski definition) is 5. The van der Waals surface area contributed by atoms with Crippen LogP contribution in [-0.2, 0) is 16.5 Å². The lowest BCUT2D eigenvalue weighted by Gasteiger charge is -1.90. The van der Waals surface area contributed by atoms with Gasteiger partial charge in [0.1, 0.15) is 0 Å². The van der Waals surface area contributed by atoms with Gasteiger partial charge in [0, 0.05) is 0 Å². The van der Waals surface area contributed by atoms with Crippen LogP contribution in [0.3, 0.4) is 0 Å². The van der Waals surface area contributed by atoms with Crippen molar-refractivity contribution in [3.05, 3.63) is 4.88 Å². The molecule has 0 aliphatic heterocycles. The van der Waals surface area contributed by atoms with Crippen LogP contribution in [0.15, 0.2) is 5.03 Å². The Bertz CT molecular complexity index is 342. The van der Waals surface area contributed by atoms with E-state index in [0.29, 0.717) is 11.3 Å². The summed E-state index contributed by atoms with van der Waals surface area (Å²) in [6.07, 6.45) is 0.507. The van der Waals surface area contributed by atoms with E-state index < -0.39 is 10.1 Å². The lowest BCUT2D eigenvalue weighted by molar-refractivity contribution is 0.478. The van der Waals surface area contributed by atoms with Gasteiger partial charge in [0.2, 0.25) is 5.03 Å². The van der Waals surface area contributed by atoms with E-state index in [1.807, 2.05) is 0 Å². The first-order valence-electron chi connectivity index (χ1n) is 2.84. The molecular formula is C4H6N2O3S2. The first-order valence-corrected chi connectivity index (χ1v) is 5.05. The first kappa shape index (κ1) is 8.57. The highest BCUT2D eigenvalue weighted by Crippen LogP contribution is 2.15. The molecule has 1 aromatic heterocycles. The van der Waals surface area contributed by atoms with E-state index in [0.717, 1.165) is 11.5 Å². The van der Waals surface area contributed by atoms with E-state index in [-0.39, 0.29) is 5.03 Å². The molecule has 11 heavy (non-hydrogen) atoms. The molecule has 0 saturated carbocycles. The van der Waals surface area contributed by atoms with E-state index in [4.69, 9.17) is 4.55 Å². The van der Waals surface area contributed by atoms with Crippen molar-refractivity contribution < 1.29 is 13.0 Å². The van der Waals surface area contributed by atoms with Gasteiger partial charge < -0.3 is 0 Å². The molecule has 1 heterocycles. The summed E-state index contributed by atoms with van der Waals surface area (Å²) in [5.41, 5.74) is 0. The second kappa shape index (κ2) is 2.84. The van der Waals surface area contributed by atoms with Crippen molar-refractivity contribution in [2.75, 3.05) is 0 Å². The Morgan fingerprint density at radius 1 is 1.64 bits per heavy atom. The fourth-order valence-corrected chi connectivity index (χ4v) is 2.14. The van der Waals surface area contributed by atoms with Gasteiger partial charge in [-0.05, 0) is 18.0 Å². The van der Waals surface area contributed by atoms with Crippen LogP contribution < -0.4 is 0 Å². The minimum atomic E-state index is -4.17. The Labute approximate surface area is 68.0 Å². The van der Waals surface area contributed by atoms with Crippen LogP contribution in [0.1, 0.15) is 11.8 Å². The maximum Gasteiger partial charge on any atom is 0.315 e. The van der Waals surface area contributed by atoms with Gasteiger partial charge in [0.05, 0.1) is 4.88 Å². The highest BCUT2D eigenvalue weighted by atomic mass is 32.2. The van der Waals surface area contributed by atoms with E-state index in [1.54, 1.807) is 6.92 Å². The van der Waals surface area contributed by atoms with Crippen molar-refractivity contribution in [3.8, 4) is 0 Å². The van der Waals surface area contributed by atoms with Crippen LogP contribution in [0, 0.1) is 0 Å². The van der Waals surface area contributed by atoms with E-state index in [9.17, 15) is 8.42 Å². The summed E-state index contributed by atoms with van der Waals surface area (Å²) in [5.74, 6) is 0. The highest BCUT2D eigenvalue weighted by Gasteiger charge is 2.18. The largest absolute Gasteiger partial charge is 0.315 e. The topological polar surface area (TPSA) is 80.2 Å². The predicted octanol–water partition coefficient (Wildman–Crippen LogP) is 0.347. The van der Waals surface area contributed by atoms with Crippen LogP contribution in [0.2, 0.25) is 0 Å². The molecule has 0 bridgehead atoms. The Morgan fingerprint density at radius 2 is 2.27 bits per heavy atom. The third-order valence-corrected chi connectivity index (χ3v) is 2.90. The van der Waals surface area contributed by atoms with E-state index in [1.165, 1.54) is 0 Å². The minimum Gasteiger partial charge on any atom is -0.281 e. The lowest BCUT2D eigenvalue weighted by Crippen LogP contribution is -2.01. The number of aryl methyl sites for hydroxylation is 1. The molecule has 0 radical (unpaired) electrons. The number of nitrogens with zero attached hydrogens (tertiary/aromatic N) is 2. The standard InChI is InChI=1S/C4H6N2O3S2/c1-2-3-4(5-6-10-3)11(7,8)9/h2H2,1H3,(H,7,8,9). The molecule has 0 saturated heterocycles. The summed E-state index contributed by atoms with van der Waals surface area (Å²) in [6, 6.07) is 0. The summed E-state index contributed by atoms with van der Waals surface area (Å²) in [5, 5.41) is 2.97. The molecule has 1 N–H and O–H groups in total. The quantitative estimate of drug-likeness (QED) is 0.687. The SMILES string of the molecule is CCc1snnc1S(=O)(=O)O. The number of hydrogen-bond donors (Lipinski definition) is 1. The van der Waals surface area contributed by atoms with Crippen molar-refractivity contribution in [1.29, 1.82) is 0 Å². The maximum atomic E-state index is 10.5. The zero-order valence-corrected chi connectivity index (χ0v) is 7.31. The van der Waals surface area contributed by atoms with Gasteiger partial charge in [-0.3, -0.25) is 4.55 Å². The Morgan fingerprint density at radius 3 is 2.64 bits per heavy atom. The van der Waals surface area contributed by atoms with Gasteiger partial charge in [-0.1, -0.05) is 11.4 Å². The fourth-order valence-electron chi connectivity index (χ4n) is 0.613. The molecule has 7 heteroatoms. The maximum absolute atomic E-state index is 10.5. The molecule has 0 aliphatic carbocycles. The molecule has 1 aromatic rings. The molecule has 62 valence electrons. The summed E-state index contributed by atoms with van der Waals surface area (Å²) in [7, 11) is -4.17. The zero-order chi connectivity index (χ0) is 8.48. The summed E-state index contributed by atoms with van der Waals surface area (Å²) < 4.78 is 33.0. The van der Waals surface area contributed by atoms with Gasteiger partial charge in [-0.25, -0.2) is 0 Å². The zero-order valence-electron chi connectivity index (χ0n) is 5.68. The average Bonchev–Trinajstić information content (AvgIpc) is 2.31. The van der Waals surface area contributed by atoms with Gasteiger partial charge >= 0.3 is 10.1 Å². The van der Waals surface area contributed by atoms with Crippen LogP contribution in [0.4, 0.5) is 0 Å². The summed E-state index contributed by atoms with van der Waals surface area (Å²) in [6.45, 7) is 1.77. The molecule has 0 atom stereocenters. The molecular weight excluding hydrogens is 188 g/mol. The highest BCUT2D eigenvalue weighted by molar-refractivity contribution is 7.85. The molecule has 0 aromatic carbocycles. The molecule has 0 fully saturated rings. The second-order valence-corrected chi connectivity index (χ2v) is 4.01. The average molecular weight is 194 g/mol. The van der Waals surface area contributed by atoms with E-state index in [2.05, 4.69) is 9.59 Å². The normalized spacial score (nSPS) is 11.8. The number of rotatable bonds is 2. The van der Waals surface area contributed by atoms with E-state index >= 15 is 0 Å². The van der Waals surface area contributed by atoms with Crippen molar-refractivity contribution in [1.82, 2.24) is 9.59 Å². The Balaban J connectivity index is 3.24. The monoisotopic (exact) mass is 194 g/mol. The minimum absolute atomic E-state index is 0.315. The van der Waals surface area contributed by atoms with Crippen LogP contribution in [0.25, 0.3) is 0 Å². The van der Waals surface area contributed by atoms with Crippen molar-refractivity contribution in [2.24, 2.45) is 0 Å². The van der Waals surface area contributed by atoms with Gasteiger partial charge in [-0.2, -0.15) is 8.42 Å². The Kier molecular flexibility index (Phi) is 2.21. The third kappa shape index (κ3) is 1.73. The smallest absolute Gasteiger partial charge is 0.281 e. The van der Waals surface area contributed by atoms with Crippen molar-refractivity contribution in [3.63, 3.8) is 0 Å². The third-order valence-electron chi connectivity index (χ3n) is 1.09. The van der Waals surface area contributed by atoms with Crippen LogP contribution in [0.5, 0.6) is 0 Å². The van der Waals surface area contributed by atoms with Gasteiger partial charge in [-0.15, -0.1) is 5.10 Å². The predicted molar refractivity (Wildman–Crippen MR) is 39.1 cm³/mol. The molecule has 0 unspecified atom stereocenters. The summed E-state index contributed by atoms with van der Waals surface area (Å²) >= 11 is 0.976. The number of aromatic nitrogens is 2. The summed E-state index contributed by atoms with van der Waals surface area (Å²) in [4.78, 5) is 0.479. The van der Waals surface area contributed by atoms with Crippen molar-refractivity contribution >= 4 is 21.7 Å². The Hall–Kier alpha value is -0.530. The van der Waals surface area contributed by atoms with Crippen LogP contribution >= 0.6 is 11.5 Å². The molecule has 0 amide bonds. The second-order valence-electron chi connectivity index (χ2n) is 1.83. The molecule has 0 aliphatic rings. The fraction of sp³-hybridized carbons (Fsp3) is 0.500. The van der Waals surface area contributed by atoms with Gasteiger partial charge in [0.25, 0.3) is 0 Å². The van der Waals surface area contributed by atoms with Crippen molar-refractivity contribution in [2.45, 2.75) is 18.4 Å².